The van der Waals surface area contributed by atoms with Crippen molar-refractivity contribution in [3.8, 4) is 0 Å². The highest BCUT2D eigenvalue weighted by molar-refractivity contribution is 4.99. The summed E-state index contributed by atoms with van der Waals surface area (Å²) in [6.07, 6.45) is 10.3. The van der Waals surface area contributed by atoms with Gasteiger partial charge < -0.3 is 0 Å². The minimum atomic E-state index is 0.596. The maximum Gasteiger partial charge on any atom is -0.0272 e. The molecule has 0 nitrogen and oxygen atoms in total. The Kier molecular flexibility index (Phi) is 6.06. The fourth-order valence-corrected chi connectivity index (χ4v) is 6.25. The van der Waals surface area contributed by atoms with Gasteiger partial charge >= 0.3 is 0 Å². The third-order valence-corrected chi connectivity index (χ3v) is 8.38. The first-order chi connectivity index (χ1) is 10.3. The van der Waals surface area contributed by atoms with Gasteiger partial charge in [0.15, 0.2) is 0 Å². The third-order valence-electron chi connectivity index (χ3n) is 8.38. The van der Waals surface area contributed by atoms with E-state index in [-0.39, 0.29) is 0 Å². The van der Waals surface area contributed by atoms with Gasteiger partial charge in [-0.15, -0.1) is 0 Å². The lowest BCUT2D eigenvalue weighted by Crippen LogP contribution is -2.49. The summed E-state index contributed by atoms with van der Waals surface area (Å²) in [4.78, 5) is 0. The van der Waals surface area contributed by atoms with E-state index in [1.54, 1.807) is 0 Å². The lowest BCUT2D eigenvalue weighted by molar-refractivity contribution is -0.0726. The van der Waals surface area contributed by atoms with Crippen LogP contribution in [-0.2, 0) is 0 Å². The molecule has 2 fully saturated rings. The normalized spacial score (nSPS) is 43.9. The van der Waals surface area contributed by atoms with Crippen LogP contribution in [0, 0.1) is 46.8 Å². The molecule has 0 aromatic rings. The summed E-state index contributed by atoms with van der Waals surface area (Å²) in [7, 11) is 0. The van der Waals surface area contributed by atoms with E-state index < -0.39 is 0 Å². The largest absolute Gasteiger partial charge is 0.0651 e. The molecule has 0 N–H and O–H groups in total. The van der Waals surface area contributed by atoms with E-state index in [1.165, 1.54) is 44.9 Å². The summed E-state index contributed by atoms with van der Waals surface area (Å²) in [5, 5.41) is 0. The van der Waals surface area contributed by atoms with Crippen LogP contribution in [0.15, 0.2) is 0 Å². The second-order valence-electron chi connectivity index (χ2n) is 9.49. The number of fused-ring (bicyclic) bond motifs is 1. The minimum absolute atomic E-state index is 0.596. The summed E-state index contributed by atoms with van der Waals surface area (Å²) in [5.74, 6) is 6.77. The van der Waals surface area contributed by atoms with E-state index >= 15 is 0 Å². The van der Waals surface area contributed by atoms with Crippen molar-refractivity contribution in [3.05, 3.63) is 0 Å². The zero-order valence-electron chi connectivity index (χ0n) is 16.5. The van der Waals surface area contributed by atoms with Crippen molar-refractivity contribution in [3.63, 3.8) is 0 Å². The molecule has 7 unspecified atom stereocenters. The highest BCUT2D eigenvalue weighted by Gasteiger charge is 2.50. The van der Waals surface area contributed by atoms with E-state index in [2.05, 4.69) is 48.5 Å². The van der Waals surface area contributed by atoms with Crippen LogP contribution in [0.4, 0.5) is 0 Å². The first-order valence-electron chi connectivity index (χ1n) is 10.3. The molecule has 0 aromatic heterocycles. The van der Waals surface area contributed by atoms with E-state index in [1.807, 2.05) is 0 Å². The predicted octanol–water partition coefficient (Wildman–Crippen LogP) is 7.18. The molecule has 0 spiro atoms. The Hall–Kier alpha value is 0. The molecular weight excluding hydrogens is 264 g/mol. The Balaban J connectivity index is 2.12. The summed E-state index contributed by atoms with van der Waals surface area (Å²) < 4.78 is 0. The van der Waals surface area contributed by atoms with E-state index in [4.69, 9.17) is 0 Å². The smallest absolute Gasteiger partial charge is 0.0272 e. The van der Waals surface area contributed by atoms with Crippen LogP contribution in [0.25, 0.3) is 0 Å². The molecule has 0 heterocycles. The first-order valence-corrected chi connectivity index (χ1v) is 10.3. The van der Waals surface area contributed by atoms with Gasteiger partial charge in [0.1, 0.15) is 0 Å². The van der Waals surface area contributed by atoms with Gasteiger partial charge in [0.05, 0.1) is 0 Å². The lowest BCUT2D eigenvalue weighted by atomic mass is 9.49. The van der Waals surface area contributed by atoms with Gasteiger partial charge in [0, 0.05) is 0 Å². The summed E-state index contributed by atoms with van der Waals surface area (Å²) in [6.45, 7) is 17.4. The summed E-state index contributed by atoms with van der Waals surface area (Å²) in [6, 6.07) is 0. The Morgan fingerprint density at radius 2 is 1.68 bits per heavy atom. The highest BCUT2D eigenvalue weighted by atomic mass is 14.6. The SMILES string of the molecule is CCC(C)CC1CCC2C(CCC(C)(C(C)C)C2CC)C1C. The Morgan fingerprint density at radius 1 is 1.00 bits per heavy atom. The molecule has 7 atom stereocenters. The van der Waals surface area contributed by atoms with E-state index in [0.717, 1.165) is 41.4 Å². The van der Waals surface area contributed by atoms with Crippen molar-refractivity contribution in [2.45, 2.75) is 93.4 Å². The van der Waals surface area contributed by atoms with Crippen molar-refractivity contribution in [1.82, 2.24) is 0 Å². The van der Waals surface area contributed by atoms with Gasteiger partial charge in [-0.2, -0.15) is 0 Å². The van der Waals surface area contributed by atoms with Gasteiger partial charge in [0.25, 0.3) is 0 Å². The van der Waals surface area contributed by atoms with Gasteiger partial charge in [0.2, 0.25) is 0 Å². The van der Waals surface area contributed by atoms with Crippen LogP contribution in [0.1, 0.15) is 93.4 Å². The average molecular weight is 307 g/mol. The van der Waals surface area contributed by atoms with Crippen molar-refractivity contribution in [1.29, 1.82) is 0 Å². The second kappa shape index (κ2) is 7.27. The maximum atomic E-state index is 2.61. The zero-order chi connectivity index (χ0) is 16.5. The van der Waals surface area contributed by atoms with Crippen LogP contribution in [0.2, 0.25) is 0 Å². The Bertz CT molecular complexity index is 344. The van der Waals surface area contributed by atoms with Crippen molar-refractivity contribution < 1.29 is 0 Å². The Labute approximate surface area is 140 Å². The standard InChI is InChI=1S/C22H42/c1-8-16(5)14-18-10-11-20-19(17(18)6)12-13-22(7,15(3)4)21(20)9-2/h15-21H,8-14H2,1-7H3. The quantitative estimate of drug-likeness (QED) is 0.504. The van der Waals surface area contributed by atoms with Gasteiger partial charge in [-0.3, -0.25) is 0 Å². The van der Waals surface area contributed by atoms with Crippen LogP contribution in [0.3, 0.4) is 0 Å². The van der Waals surface area contributed by atoms with Crippen molar-refractivity contribution in [2.75, 3.05) is 0 Å². The van der Waals surface area contributed by atoms with Crippen molar-refractivity contribution >= 4 is 0 Å². The molecule has 130 valence electrons. The zero-order valence-corrected chi connectivity index (χ0v) is 16.5. The number of hydrogen-bond acceptors (Lipinski definition) is 0. The predicted molar refractivity (Wildman–Crippen MR) is 98.9 cm³/mol. The van der Waals surface area contributed by atoms with Crippen LogP contribution < -0.4 is 0 Å². The van der Waals surface area contributed by atoms with E-state index in [0.29, 0.717) is 5.41 Å². The first kappa shape index (κ1) is 18.3. The van der Waals surface area contributed by atoms with Crippen LogP contribution in [-0.4, -0.2) is 0 Å². The molecule has 2 aliphatic rings. The lowest BCUT2D eigenvalue weighted by Gasteiger charge is -2.56. The molecule has 2 saturated carbocycles. The number of rotatable bonds is 5. The van der Waals surface area contributed by atoms with Crippen LogP contribution in [0.5, 0.6) is 0 Å². The average Bonchev–Trinajstić information content (AvgIpc) is 2.49. The second-order valence-corrected chi connectivity index (χ2v) is 9.49. The molecule has 0 heteroatoms. The molecular formula is C22H42. The van der Waals surface area contributed by atoms with Gasteiger partial charge in [-0.1, -0.05) is 61.3 Å². The highest BCUT2D eigenvalue weighted by Crippen LogP contribution is 2.58. The summed E-state index contributed by atoms with van der Waals surface area (Å²) in [5.41, 5.74) is 0.596. The topological polar surface area (TPSA) is 0 Å². The molecule has 2 aliphatic carbocycles. The van der Waals surface area contributed by atoms with E-state index in [9.17, 15) is 0 Å². The fraction of sp³-hybridized carbons (Fsp3) is 1.00. The molecule has 0 radical (unpaired) electrons. The Morgan fingerprint density at radius 3 is 2.23 bits per heavy atom. The number of hydrogen-bond donors (Lipinski definition) is 0. The molecule has 2 rings (SSSR count). The summed E-state index contributed by atoms with van der Waals surface area (Å²) >= 11 is 0. The minimum Gasteiger partial charge on any atom is -0.0651 e. The molecule has 0 saturated heterocycles. The molecule has 0 aromatic carbocycles. The maximum absolute atomic E-state index is 2.61. The molecule has 0 amide bonds. The van der Waals surface area contributed by atoms with Crippen molar-refractivity contribution in [2.24, 2.45) is 46.8 Å². The fourth-order valence-electron chi connectivity index (χ4n) is 6.25. The molecule has 22 heavy (non-hydrogen) atoms. The monoisotopic (exact) mass is 306 g/mol. The molecule has 0 bridgehead atoms. The van der Waals surface area contributed by atoms with Gasteiger partial charge in [-0.25, -0.2) is 0 Å². The molecule has 0 aliphatic heterocycles. The van der Waals surface area contributed by atoms with Crippen LogP contribution >= 0.6 is 0 Å². The van der Waals surface area contributed by atoms with Gasteiger partial charge in [-0.05, 0) is 78.9 Å². The third kappa shape index (κ3) is 3.27.